The monoisotopic (exact) mass is 639 g/mol. The van der Waals surface area contributed by atoms with E-state index in [0.29, 0.717) is 52.6 Å². The Morgan fingerprint density at radius 2 is 1.93 bits per heavy atom. The van der Waals surface area contributed by atoms with Gasteiger partial charge in [0.15, 0.2) is 5.13 Å². The molecule has 3 aliphatic rings. The lowest BCUT2D eigenvalue weighted by Crippen LogP contribution is -2.57. The van der Waals surface area contributed by atoms with Crippen molar-refractivity contribution in [1.29, 1.82) is 0 Å². The molecule has 13 nitrogen and oxygen atoms in total. The Bertz CT molecular complexity index is 1770. The van der Waals surface area contributed by atoms with E-state index in [1.54, 1.807) is 36.1 Å². The first kappa shape index (κ1) is 30.0. The third-order valence-corrected chi connectivity index (χ3v) is 10.9. The van der Waals surface area contributed by atoms with Gasteiger partial charge in [0.05, 0.1) is 21.0 Å². The number of thiazole rings is 1. The highest BCUT2D eigenvalue weighted by atomic mass is 32.2. The van der Waals surface area contributed by atoms with E-state index in [4.69, 9.17) is 0 Å². The number of carboxylic acid groups (broad SMARTS) is 1. The number of nitrogens with zero attached hydrogens (tertiary/aromatic N) is 5. The maximum Gasteiger partial charge on any atom is 0.408 e. The van der Waals surface area contributed by atoms with Gasteiger partial charge in [-0.25, -0.2) is 27.9 Å². The van der Waals surface area contributed by atoms with Crippen LogP contribution in [-0.2, 0) is 21.4 Å². The summed E-state index contributed by atoms with van der Waals surface area (Å²) >= 11 is 1.32. The van der Waals surface area contributed by atoms with Crippen LogP contribution in [0.4, 0.5) is 21.6 Å². The van der Waals surface area contributed by atoms with E-state index in [1.165, 1.54) is 36.1 Å². The van der Waals surface area contributed by atoms with Crippen LogP contribution in [0.1, 0.15) is 47.8 Å². The zero-order valence-electron chi connectivity index (χ0n) is 24.5. The normalized spacial score (nSPS) is 18.6. The van der Waals surface area contributed by atoms with Crippen molar-refractivity contribution >= 4 is 56.0 Å². The molecule has 1 aromatic carbocycles. The van der Waals surface area contributed by atoms with Gasteiger partial charge in [-0.15, -0.1) is 0 Å². The van der Waals surface area contributed by atoms with Crippen molar-refractivity contribution in [3.8, 4) is 10.4 Å². The SMILES string of the molecule is CNS(=O)(=O)c1cc(-c2sc(Nc3cccc(N4CCN(C(=O)O)[C@@H](C)C4=O)n3)nc2C)cc2c1C(=O)N(CCC1CC1)C2. The molecule has 6 rings (SSSR count). The summed E-state index contributed by atoms with van der Waals surface area (Å²) in [5, 5.41) is 13.0. The highest BCUT2D eigenvalue weighted by Gasteiger charge is 2.37. The molecule has 0 radical (unpaired) electrons. The number of anilines is 3. The molecule has 2 fully saturated rings. The van der Waals surface area contributed by atoms with Crippen molar-refractivity contribution in [1.82, 2.24) is 24.5 Å². The second-order valence-electron chi connectivity index (χ2n) is 11.3. The number of piperazine rings is 1. The van der Waals surface area contributed by atoms with Gasteiger partial charge in [-0.05, 0) is 68.6 Å². The largest absolute Gasteiger partial charge is 0.465 e. The summed E-state index contributed by atoms with van der Waals surface area (Å²) in [6.45, 7) is 4.70. The number of sulfonamides is 1. The molecule has 4 heterocycles. The molecule has 0 spiro atoms. The fraction of sp³-hybridized carbons (Fsp3) is 0.414. The van der Waals surface area contributed by atoms with Gasteiger partial charge in [0.2, 0.25) is 10.0 Å². The van der Waals surface area contributed by atoms with E-state index in [-0.39, 0.29) is 35.4 Å². The van der Waals surface area contributed by atoms with Crippen LogP contribution < -0.4 is 14.9 Å². The molecule has 3 aromatic rings. The lowest BCUT2D eigenvalue weighted by Gasteiger charge is -2.36. The van der Waals surface area contributed by atoms with E-state index < -0.39 is 22.2 Å². The quantitative estimate of drug-likeness (QED) is 0.317. The van der Waals surface area contributed by atoms with Crippen molar-refractivity contribution in [2.75, 3.05) is 36.9 Å². The molecule has 1 atom stereocenters. The summed E-state index contributed by atoms with van der Waals surface area (Å²) in [6.07, 6.45) is 2.14. The predicted octanol–water partition coefficient (Wildman–Crippen LogP) is 3.64. The summed E-state index contributed by atoms with van der Waals surface area (Å²) < 4.78 is 28.5. The van der Waals surface area contributed by atoms with Crippen molar-refractivity contribution in [2.45, 2.75) is 50.6 Å². The summed E-state index contributed by atoms with van der Waals surface area (Å²) in [7, 11) is -2.59. The molecular weight excluding hydrogens is 606 g/mol. The fourth-order valence-corrected chi connectivity index (χ4v) is 7.63. The fourth-order valence-electron chi connectivity index (χ4n) is 5.68. The van der Waals surface area contributed by atoms with Crippen molar-refractivity contribution in [2.24, 2.45) is 5.92 Å². The average molecular weight is 640 g/mol. The number of aromatic nitrogens is 2. The van der Waals surface area contributed by atoms with Gasteiger partial charge < -0.3 is 15.3 Å². The maximum atomic E-state index is 13.3. The standard InChI is InChI=1S/C29H33N7O6S2/c1-16-25(19-13-20-15-34(10-9-18-7-8-18)27(38)24(20)21(14-19)44(41,42)30-3)43-28(31-16)33-22-5-4-6-23(32-22)36-12-11-35(29(39)40)17(2)26(36)37/h4-6,13-14,17-18,30H,7-12,15H2,1-3H3,(H,39,40)(H,31,32,33)/t17-/m0/s1. The number of rotatable bonds is 9. The predicted molar refractivity (Wildman–Crippen MR) is 165 cm³/mol. The third kappa shape index (κ3) is 5.62. The Balaban J connectivity index is 1.27. The topological polar surface area (TPSA) is 165 Å². The number of nitrogens with one attached hydrogen (secondary N) is 2. The Labute approximate surface area is 259 Å². The number of hydrogen-bond acceptors (Lipinski definition) is 9. The van der Waals surface area contributed by atoms with Gasteiger partial charge in [-0.2, -0.15) is 0 Å². The molecular formula is C29H33N7O6S2. The molecule has 2 aromatic heterocycles. The molecule has 44 heavy (non-hydrogen) atoms. The first-order valence-electron chi connectivity index (χ1n) is 14.4. The van der Waals surface area contributed by atoms with Crippen LogP contribution in [-0.4, -0.2) is 83.9 Å². The van der Waals surface area contributed by atoms with E-state index >= 15 is 0 Å². The van der Waals surface area contributed by atoms with Crippen molar-refractivity contribution < 1.29 is 27.9 Å². The highest BCUT2D eigenvalue weighted by molar-refractivity contribution is 7.89. The lowest BCUT2D eigenvalue weighted by molar-refractivity contribution is -0.124. The average Bonchev–Trinajstić information content (AvgIpc) is 3.68. The minimum absolute atomic E-state index is 0.0370. The molecule has 1 saturated carbocycles. The Morgan fingerprint density at radius 3 is 2.64 bits per heavy atom. The van der Waals surface area contributed by atoms with Crippen LogP contribution in [0.15, 0.2) is 35.2 Å². The molecule has 3 N–H and O–H groups in total. The van der Waals surface area contributed by atoms with Crippen LogP contribution in [0.3, 0.4) is 0 Å². The first-order valence-corrected chi connectivity index (χ1v) is 16.7. The zero-order chi connectivity index (χ0) is 31.3. The van der Waals surface area contributed by atoms with Gasteiger partial charge in [0.1, 0.15) is 17.7 Å². The van der Waals surface area contributed by atoms with Gasteiger partial charge in [-0.1, -0.05) is 30.2 Å². The Kier molecular flexibility index (Phi) is 7.80. The highest BCUT2D eigenvalue weighted by Crippen LogP contribution is 2.40. The number of hydrogen-bond donors (Lipinski definition) is 3. The van der Waals surface area contributed by atoms with Gasteiger partial charge >= 0.3 is 6.09 Å². The zero-order valence-corrected chi connectivity index (χ0v) is 26.2. The molecule has 0 unspecified atom stereocenters. The number of carbonyl (C=O) groups is 3. The molecule has 15 heteroatoms. The second-order valence-corrected chi connectivity index (χ2v) is 14.1. The van der Waals surface area contributed by atoms with E-state index in [2.05, 4.69) is 20.0 Å². The van der Waals surface area contributed by atoms with Crippen LogP contribution in [0.2, 0.25) is 0 Å². The number of benzene rings is 1. The number of aryl methyl sites for hydroxylation is 1. The summed E-state index contributed by atoms with van der Waals surface area (Å²) in [5.41, 5.74) is 2.23. The molecule has 232 valence electrons. The number of pyridine rings is 1. The lowest BCUT2D eigenvalue weighted by atomic mass is 10.0. The summed E-state index contributed by atoms with van der Waals surface area (Å²) in [6, 6.07) is 7.76. The number of fused-ring (bicyclic) bond motifs is 1. The first-order chi connectivity index (χ1) is 21.0. The van der Waals surface area contributed by atoms with Crippen LogP contribution >= 0.6 is 11.3 Å². The van der Waals surface area contributed by atoms with Gasteiger partial charge in [0.25, 0.3) is 11.8 Å². The van der Waals surface area contributed by atoms with Crippen LogP contribution in [0, 0.1) is 12.8 Å². The Morgan fingerprint density at radius 1 is 1.16 bits per heavy atom. The van der Waals surface area contributed by atoms with Crippen molar-refractivity contribution in [3.63, 3.8) is 0 Å². The number of amides is 3. The summed E-state index contributed by atoms with van der Waals surface area (Å²) in [5.74, 6) is 0.863. The molecule has 1 aliphatic carbocycles. The van der Waals surface area contributed by atoms with Gasteiger partial charge in [0, 0.05) is 26.2 Å². The van der Waals surface area contributed by atoms with Crippen molar-refractivity contribution in [3.05, 3.63) is 47.2 Å². The van der Waals surface area contributed by atoms with E-state index in [0.717, 1.165) is 16.2 Å². The minimum atomic E-state index is -3.92. The number of carbonyl (C=O) groups excluding carboxylic acids is 2. The van der Waals surface area contributed by atoms with E-state index in [9.17, 15) is 27.9 Å². The van der Waals surface area contributed by atoms with Crippen LogP contribution in [0.5, 0.6) is 0 Å². The third-order valence-electron chi connectivity index (χ3n) is 8.31. The molecule has 2 aliphatic heterocycles. The smallest absolute Gasteiger partial charge is 0.408 e. The van der Waals surface area contributed by atoms with E-state index in [1.807, 2.05) is 13.0 Å². The molecule has 3 amide bonds. The molecule has 0 bridgehead atoms. The Hall–Kier alpha value is -4.08. The molecule has 1 saturated heterocycles. The second kappa shape index (κ2) is 11.4. The van der Waals surface area contributed by atoms with Gasteiger partial charge in [-0.3, -0.25) is 19.4 Å². The van der Waals surface area contributed by atoms with Crippen LogP contribution in [0.25, 0.3) is 10.4 Å². The minimum Gasteiger partial charge on any atom is -0.465 e. The maximum absolute atomic E-state index is 13.3. The summed E-state index contributed by atoms with van der Waals surface area (Å²) in [4.78, 5) is 51.9.